The number of hydrogen-bond donors (Lipinski definition) is 2. The normalized spacial score (nSPS) is 14.8. The van der Waals surface area contributed by atoms with E-state index in [9.17, 15) is 0 Å². The van der Waals surface area contributed by atoms with Crippen LogP contribution in [0.15, 0.2) is 0 Å². The molecule has 0 bridgehead atoms. The highest BCUT2D eigenvalue weighted by Crippen LogP contribution is 2.50. The van der Waals surface area contributed by atoms with Crippen LogP contribution in [0.4, 0.5) is 10.7 Å². The van der Waals surface area contributed by atoms with Crippen LogP contribution in [-0.2, 0) is 0 Å². The number of anilines is 2. The van der Waals surface area contributed by atoms with Crippen molar-refractivity contribution in [1.82, 2.24) is 4.90 Å². The number of nitriles is 1. The first-order valence-electron chi connectivity index (χ1n) is 6.34. The lowest BCUT2D eigenvalue weighted by atomic mass is 10.1. The molecular formula is C13H20N4S. The van der Waals surface area contributed by atoms with Crippen molar-refractivity contribution in [2.24, 2.45) is 0 Å². The molecule has 0 aromatic carbocycles. The summed E-state index contributed by atoms with van der Waals surface area (Å²) in [5.41, 5.74) is 7.95. The Balaban J connectivity index is 2.01. The second-order valence-electron chi connectivity index (χ2n) is 5.06. The molecule has 0 spiro atoms. The van der Waals surface area contributed by atoms with E-state index in [0.717, 1.165) is 24.5 Å². The molecule has 1 aliphatic carbocycles. The minimum atomic E-state index is 0.583. The molecule has 1 aromatic heterocycles. The summed E-state index contributed by atoms with van der Waals surface area (Å²) in [6.07, 6.45) is 3.51. The van der Waals surface area contributed by atoms with Gasteiger partial charge in [0, 0.05) is 12.1 Å². The maximum absolute atomic E-state index is 9.05. The topological polar surface area (TPSA) is 65.1 Å². The molecule has 1 heterocycles. The van der Waals surface area contributed by atoms with Gasteiger partial charge in [-0.15, -0.1) is 11.3 Å². The van der Waals surface area contributed by atoms with Crippen molar-refractivity contribution in [1.29, 1.82) is 5.26 Å². The van der Waals surface area contributed by atoms with Gasteiger partial charge in [-0.1, -0.05) is 0 Å². The lowest BCUT2D eigenvalue weighted by Gasteiger charge is -2.10. The van der Waals surface area contributed by atoms with E-state index < -0.39 is 0 Å². The smallest absolute Gasteiger partial charge is 0.130 e. The van der Waals surface area contributed by atoms with E-state index in [1.165, 1.54) is 29.7 Å². The summed E-state index contributed by atoms with van der Waals surface area (Å²) in [7, 11) is 4.15. The highest BCUT2D eigenvalue weighted by Gasteiger charge is 2.31. The van der Waals surface area contributed by atoms with Crippen molar-refractivity contribution in [3.05, 3.63) is 10.4 Å². The molecule has 5 heteroatoms. The summed E-state index contributed by atoms with van der Waals surface area (Å²) < 4.78 is 0. The van der Waals surface area contributed by atoms with Crippen LogP contribution < -0.4 is 11.1 Å². The summed E-state index contributed by atoms with van der Waals surface area (Å²) in [6, 6.07) is 2.19. The Kier molecular flexibility index (Phi) is 4.10. The molecule has 0 aliphatic heterocycles. The average Bonchev–Trinajstić information content (AvgIpc) is 3.10. The molecular weight excluding hydrogens is 244 g/mol. The predicted molar refractivity (Wildman–Crippen MR) is 77.1 cm³/mol. The van der Waals surface area contributed by atoms with Gasteiger partial charge in [0.1, 0.15) is 10.9 Å². The van der Waals surface area contributed by atoms with Crippen LogP contribution in [-0.4, -0.2) is 32.1 Å². The molecule has 1 aliphatic rings. The first-order valence-corrected chi connectivity index (χ1v) is 7.16. The Bertz CT molecular complexity index is 454. The van der Waals surface area contributed by atoms with Crippen LogP contribution in [0.3, 0.4) is 0 Å². The van der Waals surface area contributed by atoms with E-state index in [0.29, 0.717) is 16.5 Å². The van der Waals surface area contributed by atoms with E-state index in [-0.39, 0.29) is 0 Å². The first kappa shape index (κ1) is 13.2. The average molecular weight is 264 g/mol. The first-order chi connectivity index (χ1) is 8.63. The molecule has 1 aromatic rings. The summed E-state index contributed by atoms with van der Waals surface area (Å²) in [4.78, 5) is 2.83. The van der Waals surface area contributed by atoms with Gasteiger partial charge in [-0.05, 0) is 45.8 Å². The van der Waals surface area contributed by atoms with E-state index in [1.54, 1.807) is 0 Å². The van der Waals surface area contributed by atoms with Gasteiger partial charge in [0.25, 0.3) is 0 Å². The summed E-state index contributed by atoms with van der Waals surface area (Å²) in [6.45, 7) is 2.00. The molecule has 98 valence electrons. The minimum Gasteiger partial charge on any atom is -0.397 e. The molecule has 1 fully saturated rings. The Morgan fingerprint density at radius 2 is 2.22 bits per heavy atom. The number of nitrogens with one attached hydrogen (secondary N) is 1. The van der Waals surface area contributed by atoms with Crippen molar-refractivity contribution in [3.63, 3.8) is 0 Å². The van der Waals surface area contributed by atoms with E-state index in [2.05, 4.69) is 30.4 Å². The molecule has 3 N–H and O–H groups in total. The van der Waals surface area contributed by atoms with Crippen LogP contribution in [0.1, 0.15) is 35.6 Å². The number of hydrogen-bond acceptors (Lipinski definition) is 5. The highest BCUT2D eigenvalue weighted by molar-refractivity contribution is 7.17. The molecule has 1 saturated carbocycles. The predicted octanol–water partition coefficient (Wildman–Crippen LogP) is 2.44. The van der Waals surface area contributed by atoms with Crippen molar-refractivity contribution in [2.45, 2.75) is 25.2 Å². The Morgan fingerprint density at radius 3 is 2.78 bits per heavy atom. The fraction of sp³-hybridized carbons (Fsp3) is 0.615. The lowest BCUT2D eigenvalue weighted by molar-refractivity contribution is 0.405. The van der Waals surface area contributed by atoms with Gasteiger partial charge < -0.3 is 16.0 Å². The molecule has 0 atom stereocenters. The monoisotopic (exact) mass is 264 g/mol. The van der Waals surface area contributed by atoms with Crippen LogP contribution >= 0.6 is 11.3 Å². The van der Waals surface area contributed by atoms with Crippen molar-refractivity contribution < 1.29 is 0 Å². The molecule has 0 radical (unpaired) electrons. The van der Waals surface area contributed by atoms with Crippen LogP contribution in [0.5, 0.6) is 0 Å². The lowest BCUT2D eigenvalue weighted by Crippen LogP contribution is -2.16. The zero-order valence-electron chi connectivity index (χ0n) is 11.0. The maximum atomic E-state index is 9.05. The number of nitrogens with zero attached hydrogens (tertiary/aromatic N) is 2. The highest BCUT2D eigenvalue weighted by atomic mass is 32.1. The molecule has 0 amide bonds. The fourth-order valence-corrected chi connectivity index (χ4v) is 3.08. The molecule has 18 heavy (non-hydrogen) atoms. The van der Waals surface area contributed by atoms with Crippen LogP contribution in [0.2, 0.25) is 0 Å². The van der Waals surface area contributed by atoms with Crippen molar-refractivity contribution in [3.8, 4) is 6.07 Å². The molecule has 2 rings (SSSR count). The van der Waals surface area contributed by atoms with E-state index in [1.807, 2.05) is 0 Å². The van der Waals surface area contributed by atoms with Gasteiger partial charge in [-0.25, -0.2) is 0 Å². The van der Waals surface area contributed by atoms with Crippen molar-refractivity contribution in [2.75, 3.05) is 38.2 Å². The van der Waals surface area contributed by atoms with Gasteiger partial charge in [0.15, 0.2) is 0 Å². The Hall–Kier alpha value is -1.25. The summed E-state index contributed by atoms with van der Waals surface area (Å²) in [5, 5.41) is 13.6. The van der Waals surface area contributed by atoms with Crippen LogP contribution in [0, 0.1) is 11.3 Å². The zero-order chi connectivity index (χ0) is 13.1. The number of nitrogens with two attached hydrogens (primary N) is 1. The van der Waals surface area contributed by atoms with E-state index in [4.69, 9.17) is 11.0 Å². The third kappa shape index (κ3) is 2.95. The number of thiophene rings is 1. The van der Waals surface area contributed by atoms with Gasteiger partial charge in [-0.3, -0.25) is 0 Å². The van der Waals surface area contributed by atoms with Gasteiger partial charge in [0.05, 0.1) is 10.7 Å². The summed E-state index contributed by atoms with van der Waals surface area (Å²) in [5.74, 6) is 0.583. The second kappa shape index (κ2) is 5.59. The van der Waals surface area contributed by atoms with Gasteiger partial charge in [0.2, 0.25) is 0 Å². The SMILES string of the molecule is CN(C)CCCNc1sc(C#N)c(N)c1C1CC1. The minimum absolute atomic E-state index is 0.583. The molecule has 0 unspecified atom stereocenters. The third-order valence-corrected chi connectivity index (χ3v) is 4.22. The quantitative estimate of drug-likeness (QED) is 0.775. The Morgan fingerprint density at radius 1 is 1.50 bits per heavy atom. The van der Waals surface area contributed by atoms with Gasteiger partial charge >= 0.3 is 0 Å². The molecule has 4 nitrogen and oxygen atoms in total. The zero-order valence-corrected chi connectivity index (χ0v) is 11.8. The summed E-state index contributed by atoms with van der Waals surface area (Å²) >= 11 is 1.50. The molecule has 0 saturated heterocycles. The van der Waals surface area contributed by atoms with Crippen LogP contribution in [0.25, 0.3) is 0 Å². The third-order valence-electron chi connectivity index (χ3n) is 3.14. The Labute approximate surface area is 112 Å². The standard InChI is InChI=1S/C13H20N4S/c1-17(2)7-3-6-16-13-11(9-4-5-9)12(15)10(8-14)18-13/h9,16H,3-7,15H2,1-2H3. The fourth-order valence-electron chi connectivity index (χ4n) is 2.05. The van der Waals surface area contributed by atoms with Crippen molar-refractivity contribution >= 4 is 22.0 Å². The van der Waals surface area contributed by atoms with Gasteiger partial charge in [-0.2, -0.15) is 5.26 Å². The number of nitrogen functional groups attached to an aromatic ring is 1. The largest absolute Gasteiger partial charge is 0.397 e. The van der Waals surface area contributed by atoms with E-state index >= 15 is 0 Å². The maximum Gasteiger partial charge on any atom is 0.130 e. The second-order valence-corrected chi connectivity index (χ2v) is 6.08. The number of rotatable bonds is 6.